The van der Waals surface area contributed by atoms with Gasteiger partial charge in [0.1, 0.15) is 0 Å². The third kappa shape index (κ3) is 3.50. The Kier molecular flexibility index (Phi) is 4.54. The van der Waals surface area contributed by atoms with Crippen LogP contribution in [-0.2, 0) is 9.53 Å². The minimum absolute atomic E-state index is 0.108. The zero-order valence-corrected chi connectivity index (χ0v) is 11.0. The molecule has 0 saturated carbocycles. The third-order valence-electron chi connectivity index (χ3n) is 4.05. The maximum absolute atomic E-state index is 12.3. The summed E-state index contributed by atoms with van der Waals surface area (Å²) < 4.78 is 5.33. The van der Waals surface area contributed by atoms with Crippen LogP contribution in [-0.4, -0.2) is 68.6 Å². The summed E-state index contributed by atoms with van der Waals surface area (Å²) in [7, 11) is 4.17. The second-order valence-corrected chi connectivity index (χ2v) is 5.48. The molecule has 0 bridgehead atoms. The standard InChI is InChI=1S/C13H24N2O2/c1-14-5-6-15(2)12(10-14)13(16)9-11-3-7-17-8-4-11/h11-12H,3-10H2,1-2H3. The van der Waals surface area contributed by atoms with Crippen LogP contribution in [0.2, 0.25) is 0 Å². The molecule has 4 heteroatoms. The Bertz CT molecular complexity index is 264. The maximum atomic E-state index is 12.3. The lowest BCUT2D eigenvalue weighted by Gasteiger charge is -2.37. The highest BCUT2D eigenvalue weighted by Gasteiger charge is 2.30. The number of ether oxygens (including phenoxy) is 1. The molecule has 0 spiro atoms. The van der Waals surface area contributed by atoms with Crippen LogP contribution in [0.15, 0.2) is 0 Å². The molecule has 0 aromatic rings. The third-order valence-corrected chi connectivity index (χ3v) is 4.05. The van der Waals surface area contributed by atoms with Crippen molar-refractivity contribution >= 4 is 5.78 Å². The van der Waals surface area contributed by atoms with E-state index in [2.05, 4.69) is 23.9 Å². The van der Waals surface area contributed by atoms with Gasteiger partial charge in [-0.15, -0.1) is 0 Å². The monoisotopic (exact) mass is 240 g/mol. The first kappa shape index (κ1) is 13.0. The van der Waals surface area contributed by atoms with E-state index in [1.165, 1.54) is 0 Å². The van der Waals surface area contributed by atoms with Crippen LogP contribution in [0.4, 0.5) is 0 Å². The summed E-state index contributed by atoms with van der Waals surface area (Å²) in [5.41, 5.74) is 0. The van der Waals surface area contributed by atoms with E-state index >= 15 is 0 Å². The lowest BCUT2D eigenvalue weighted by atomic mass is 9.91. The molecule has 2 aliphatic heterocycles. The van der Waals surface area contributed by atoms with E-state index in [9.17, 15) is 4.79 Å². The van der Waals surface area contributed by atoms with Gasteiger partial charge in [-0.2, -0.15) is 0 Å². The zero-order chi connectivity index (χ0) is 12.3. The highest BCUT2D eigenvalue weighted by Crippen LogP contribution is 2.21. The SMILES string of the molecule is CN1CCN(C)C(C(=O)CC2CCOCC2)C1. The van der Waals surface area contributed by atoms with Crippen molar-refractivity contribution in [3.8, 4) is 0 Å². The molecule has 17 heavy (non-hydrogen) atoms. The van der Waals surface area contributed by atoms with Crippen LogP contribution in [0.5, 0.6) is 0 Å². The molecule has 1 atom stereocenters. The Labute approximate surface area is 104 Å². The van der Waals surface area contributed by atoms with Gasteiger partial charge in [-0.1, -0.05) is 0 Å². The Morgan fingerprint density at radius 1 is 1.24 bits per heavy atom. The molecule has 0 aliphatic carbocycles. The van der Waals surface area contributed by atoms with Crippen LogP contribution in [0, 0.1) is 5.92 Å². The summed E-state index contributed by atoms with van der Waals surface area (Å²) in [5.74, 6) is 0.975. The average Bonchev–Trinajstić information content (AvgIpc) is 2.33. The number of nitrogens with zero attached hydrogens (tertiary/aromatic N) is 2. The predicted molar refractivity (Wildman–Crippen MR) is 67.1 cm³/mol. The van der Waals surface area contributed by atoms with Crippen molar-refractivity contribution < 1.29 is 9.53 Å². The number of ketones is 1. The number of carbonyl (C=O) groups is 1. The molecule has 0 aromatic heterocycles. The molecule has 0 N–H and O–H groups in total. The Balaban J connectivity index is 1.85. The highest BCUT2D eigenvalue weighted by atomic mass is 16.5. The molecule has 2 aliphatic rings. The fraction of sp³-hybridized carbons (Fsp3) is 0.923. The summed E-state index contributed by atoms with van der Waals surface area (Å²) in [4.78, 5) is 16.8. The van der Waals surface area contributed by atoms with E-state index in [4.69, 9.17) is 4.74 Å². The fourth-order valence-electron chi connectivity index (χ4n) is 2.73. The van der Waals surface area contributed by atoms with Crippen LogP contribution in [0.3, 0.4) is 0 Å². The van der Waals surface area contributed by atoms with Gasteiger partial charge in [0.25, 0.3) is 0 Å². The second-order valence-electron chi connectivity index (χ2n) is 5.48. The molecule has 0 aromatic carbocycles. The zero-order valence-electron chi connectivity index (χ0n) is 11.0. The molecule has 1 unspecified atom stereocenters. The molecule has 0 radical (unpaired) electrons. The minimum Gasteiger partial charge on any atom is -0.381 e. The second kappa shape index (κ2) is 5.94. The molecule has 0 amide bonds. The van der Waals surface area contributed by atoms with Gasteiger partial charge in [-0.3, -0.25) is 9.69 Å². The van der Waals surface area contributed by atoms with Gasteiger partial charge in [-0.05, 0) is 32.9 Å². The molecule has 2 fully saturated rings. The lowest BCUT2D eigenvalue weighted by Crippen LogP contribution is -2.53. The van der Waals surface area contributed by atoms with Gasteiger partial charge in [-0.25, -0.2) is 0 Å². The molecule has 2 heterocycles. The van der Waals surface area contributed by atoms with Gasteiger partial charge >= 0.3 is 0 Å². The molecule has 2 saturated heterocycles. The Hall–Kier alpha value is -0.450. The van der Waals surface area contributed by atoms with Crippen molar-refractivity contribution in [1.82, 2.24) is 9.80 Å². The van der Waals surface area contributed by atoms with Crippen LogP contribution in [0.1, 0.15) is 19.3 Å². The molecule has 98 valence electrons. The highest BCUT2D eigenvalue weighted by molar-refractivity contribution is 5.84. The summed E-state index contributed by atoms with van der Waals surface area (Å²) in [5, 5.41) is 0. The number of piperazine rings is 1. The van der Waals surface area contributed by atoms with E-state index in [-0.39, 0.29) is 6.04 Å². The average molecular weight is 240 g/mol. The molecular formula is C13H24N2O2. The van der Waals surface area contributed by atoms with Gasteiger partial charge in [0.2, 0.25) is 0 Å². The van der Waals surface area contributed by atoms with Gasteiger partial charge in [0.05, 0.1) is 6.04 Å². The minimum atomic E-state index is 0.108. The van der Waals surface area contributed by atoms with E-state index < -0.39 is 0 Å². The normalized spacial score (nSPS) is 29.4. The maximum Gasteiger partial charge on any atom is 0.151 e. The number of Topliss-reactive ketones (excluding diaryl/α,β-unsaturated/α-hetero) is 1. The van der Waals surface area contributed by atoms with Crippen molar-refractivity contribution in [3.63, 3.8) is 0 Å². The molecular weight excluding hydrogens is 216 g/mol. The fourth-order valence-corrected chi connectivity index (χ4v) is 2.73. The number of hydrogen-bond acceptors (Lipinski definition) is 4. The van der Waals surface area contributed by atoms with E-state index in [1.807, 2.05) is 0 Å². The van der Waals surface area contributed by atoms with Crippen LogP contribution in [0.25, 0.3) is 0 Å². The van der Waals surface area contributed by atoms with Crippen molar-refractivity contribution in [1.29, 1.82) is 0 Å². The first-order valence-electron chi connectivity index (χ1n) is 6.66. The summed E-state index contributed by atoms with van der Waals surface area (Å²) in [6, 6.07) is 0.108. The first-order valence-corrected chi connectivity index (χ1v) is 6.66. The smallest absolute Gasteiger partial charge is 0.151 e. The predicted octanol–water partition coefficient (Wildman–Crippen LogP) is 0.618. The Morgan fingerprint density at radius 3 is 2.65 bits per heavy atom. The summed E-state index contributed by atoms with van der Waals surface area (Å²) in [6.45, 7) is 4.62. The quantitative estimate of drug-likeness (QED) is 0.724. The topological polar surface area (TPSA) is 32.8 Å². The number of carbonyl (C=O) groups excluding carboxylic acids is 1. The van der Waals surface area contributed by atoms with Crippen molar-refractivity contribution in [2.45, 2.75) is 25.3 Å². The van der Waals surface area contributed by atoms with E-state index in [1.54, 1.807) is 0 Å². The summed E-state index contributed by atoms with van der Waals surface area (Å²) >= 11 is 0. The number of likely N-dealkylation sites (N-methyl/N-ethyl adjacent to an activating group) is 2. The van der Waals surface area contributed by atoms with Crippen molar-refractivity contribution in [2.75, 3.05) is 46.9 Å². The van der Waals surface area contributed by atoms with E-state index in [0.717, 1.165) is 52.1 Å². The summed E-state index contributed by atoms with van der Waals surface area (Å²) in [6.07, 6.45) is 2.85. The Morgan fingerprint density at radius 2 is 1.94 bits per heavy atom. The van der Waals surface area contributed by atoms with Gasteiger partial charge in [0.15, 0.2) is 5.78 Å². The first-order chi connectivity index (χ1) is 8.16. The van der Waals surface area contributed by atoms with Gasteiger partial charge in [0, 0.05) is 39.3 Å². The number of hydrogen-bond donors (Lipinski definition) is 0. The molecule has 2 rings (SSSR count). The lowest BCUT2D eigenvalue weighted by molar-refractivity contribution is -0.127. The largest absolute Gasteiger partial charge is 0.381 e. The molecule has 4 nitrogen and oxygen atoms in total. The van der Waals surface area contributed by atoms with Crippen molar-refractivity contribution in [3.05, 3.63) is 0 Å². The number of rotatable bonds is 3. The van der Waals surface area contributed by atoms with E-state index in [0.29, 0.717) is 11.7 Å². The van der Waals surface area contributed by atoms with Crippen LogP contribution >= 0.6 is 0 Å². The van der Waals surface area contributed by atoms with Crippen molar-refractivity contribution in [2.24, 2.45) is 5.92 Å². The van der Waals surface area contributed by atoms with Crippen LogP contribution < -0.4 is 0 Å². The van der Waals surface area contributed by atoms with Gasteiger partial charge < -0.3 is 9.64 Å².